The molecule has 1 atom stereocenters. The molecular formula is C18H18N4O5S2. The molecule has 4 heterocycles. The summed E-state index contributed by atoms with van der Waals surface area (Å²) in [5, 5.41) is 8.24. The molecule has 0 N–H and O–H groups in total. The Labute approximate surface area is 171 Å². The van der Waals surface area contributed by atoms with E-state index in [-0.39, 0.29) is 4.90 Å². The number of nitrogens with zero attached hydrogens (tertiary/aromatic N) is 4. The molecule has 0 spiro atoms. The molecule has 152 valence electrons. The van der Waals surface area contributed by atoms with Crippen LogP contribution >= 0.6 is 11.3 Å². The Morgan fingerprint density at radius 1 is 1.17 bits per heavy atom. The van der Waals surface area contributed by atoms with E-state index in [1.54, 1.807) is 11.6 Å². The predicted molar refractivity (Wildman–Crippen MR) is 103 cm³/mol. The second-order valence-corrected chi connectivity index (χ2v) is 9.54. The van der Waals surface area contributed by atoms with Crippen LogP contribution in [-0.4, -0.2) is 47.7 Å². The van der Waals surface area contributed by atoms with Gasteiger partial charge in [-0.3, -0.25) is 0 Å². The van der Waals surface area contributed by atoms with E-state index in [4.69, 9.17) is 13.9 Å². The van der Waals surface area contributed by atoms with E-state index >= 15 is 0 Å². The Hall–Kier alpha value is -2.50. The van der Waals surface area contributed by atoms with Crippen molar-refractivity contribution in [1.29, 1.82) is 0 Å². The van der Waals surface area contributed by atoms with Crippen LogP contribution < -0.4 is 9.47 Å². The average Bonchev–Trinajstić information content (AvgIpc) is 3.47. The topological polar surface area (TPSA) is 108 Å². The average molecular weight is 434 g/mol. The fraction of sp³-hybridized carbons (Fsp3) is 0.389. The molecule has 9 nitrogen and oxygen atoms in total. The summed E-state index contributed by atoms with van der Waals surface area (Å²) in [6.07, 6.45) is 1.33. The number of sulfonamides is 1. The zero-order valence-electron chi connectivity index (χ0n) is 15.6. The van der Waals surface area contributed by atoms with Gasteiger partial charge < -0.3 is 13.9 Å². The minimum atomic E-state index is -3.76. The normalized spacial score (nSPS) is 19.6. The van der Waals surface area contributed by atoms with Crippen molar-refractivity contribution in [2.45, 2.75) is 30.7 Å². The number of hydrogen-bond donors (Lipinski definition) is 0. The number of thiazole rings is 1. The van der Waals surface area contributed by atoms with Gasteiger partial charge in [-0.1, -0.05) is 0 Å². The summed E-state index contributed by atoms with van der Waals surface area (Å²) in [5.41, 5.74) is 2.51. The Morgan fingerprint density at radius 3 is 2.79 bits per heavy atom. The van der Waals surface area contributed by atoms with Crippen molar-refractivity contribution in [2.75, 3.05) is 19.8 Å². The molecule has 0 unspecified atom stereocenters. The zero-order chi connectivity index (χ0) is 20.0. The van der Waals surface area contributed by atoms with Crippen molar-refractivity contribution in [3.63, 3.8) is 0 Å². The molecular weight excluding hydrogens is 416 g/mol. The van der Waals surface area contributed by atoms with E-state index in [2.05, 4.69) is 15.2 Å². The highest BCUT2D eigenvalue weighted by molar-refractivity contribution is 7.89. The van der Waals surface area contributed by atoms with Crippen LogP contribution in [0.1, 0.15) is 30.5 Å². The maximum Gasteiger partial charge on any atom is 0.259 e. The first kappa shape index (κ1) is 18.5. The van der Waals surface area contributed by atoms with Gasteiger partial charge in [0.05, 0.1) is 16.1 Å². The van der Waals surface area contributed by atoms with Gasteiger partial charge in [-0.2, -0.15) is 4.31 Å². The van der Waals surface area contributed by atoms with Gasteiger partial charge in [0.1, 0.15) is 24.1 Å². The Morgan fingerprint density at radius 2 is 2.00 bits per heavy atom. The van der Waals surface area contributed by atoms with Gasteiger partial charge in [-0.25, -0.2) is 13.4 Å². The van der Waals surface area contributed by atoms with Gasteiger partial charge in [0.2, 0.25) is 15.9 Å². The summed E-state index contributed by atoms with van der Waals surface area (Å²) in [6.45, 7) is 3.10. The molecule has 5 rings (SSSR count). The van der Waals surface area contributed by atoms with Crippen LogP contribution in [0.5, 0.6) is 11.5 Å². The Bertz CT molecular complexity index is 1160. The maximum absolute atomic E-state index is 13.3. The van der Waals surface area contributed by atoms with Gasteiger partial charge in [0.15, 0.2) is 11.5 Å². The third kappa shape index (κ3) is 3.18. The fourth-order valence-electron chi connectivity index (χ4n) is 3.56. The van der Waals surface area contributed by atoms with Crippen LogP contribution in [0, 0.1) is 6.92 Å². The van der Waals surface area contributed by atoms with Gasteiger partial charge in [-0.15, -0.1) is 21.5 Å². The van der Waals surface area contributed by atoms with Crippen molar-refractivity contribution >= 4 is 21.4 Å². The van der Waals surface area contributed by atoms with Crippen LogP contribution in [-0.2, 0) is 10.0 Å². The van der Waals surface area contributed by atoms with Crippen LogP contribution in [0.4, 0.5) is 0 Å². The number of hydrogen-bond acceptors (Lipinski definition) is 9. The summed E-state index contributed by atoms with van der Waals surface area (Å²) in [5.74, 6) is 1.65. The van der Waals surface area contributed by atoms with Crippen LogP contribution in [0.3, 0.4) is 0 Å². The van der Waals surface area contributed by atoms with Gasteiger partial charge in [-0.05, 0) is 31.9 Å². The second-order valence-electron chi connectivity index (χ2n) is 6.79. The highest BCUT2D eigenvalue weighted by Gasteiger charge is 2.40. The molecule has 3 aromatic rings. The Balaban J connectivity index is 1.46. The fourth-order valence-corrected chi connectivity index (χ4v) is 5.95. The molecule has 2 aliphatic heterocycles. The molecule has 0 saturated carbocycles. The lowest BCUT2D eigenvalue weighted by Gasteiger charge is -2.23. The molecule has 29 heavy (non-hydrogen) atoms. The first-order valence-electron chi connectivity index (χ1n) is 9.19. The van der Waals surface area contributed by atoms with Crippen LogP contribution in [0.15, 0.2) is 33.0 Å². The van der Waals surface area contributed by atoms with Crippen molar-refractivity contribution in [3.8, 4) is 22.3 Å². The standard InChI is InChI=1S/C18H18N4O5S2/c1-11-16(28-10-19-11)18-21-20-17(27-18)13-3-2-6-22(13)29(23,24)12-4-5-14-15(9-12)26-8-7-25-14/h4-5,9-10,13H,2-3,6-8H2,1H3/t13-/m0/s1. The molecule has 0 aliphatic carbocycles. The lowest BCUT2D eigenvalue weighted by atomic mass is 10.2. The van der Waals surface area contributed by atoms with Crippen molar-refractivity contribution in [3.05, 3.63) is 35.3 Å². The Kier molecular flexibility index (Phi) is 4.52. The number of fused-ring (bicyclic) bond motifs is 1. The van der Waals surface area contributed by atoms with Crippen molar-refractivity contribution < 1.29 is 22.3 Å². The molecule has 0 amide bonds. The third-order valence-electron chi connectivity index (χ3n) is 4.99. The number of rotatable bonds is 4. The van der Waals surface area contributed by atoms with Crippen molar-refractivity contribution in [2.24, 2.45) is 0 Å². The second kappa shape index (κ2) is 7.08. The van der Waals surface area contributed by atoms with E-state index in [1.807, 2.05) is 6.92 Å². The summed E-state index contributed by atoms with van der Waals surface area (Å²) in [7, 11) is -3.76. The van der Waals surface area contributed by atoms with Gasteiger partial charge in [0.25, 0.3) is 5.89 Å². The van der Waals surface area contributed by atoms with E-state index in [0.29, 0.717) is 55.9 Å². The number of aromatic nitrogens is 3. The maximum atomic E-state index is 13.3. The highest BCUT2D eigenvalue weighted by Crippen LogP contribution is 2.39. The summed E-state index contributed by atoms with van der Waals surface area (Å²) in [4.78, 5) is 5.14. The van der Waals surface area contributed by atoms with E-state index in [1.165, 1.54) is 27.8 Å². The molecule has 2 aromatic heterocycles. The first-order chi connectivity index (χ1) is 14.0. The SMILES string of the molecule is Cc1ncsc1-c1nnc([C@@H]2CCCN2S(=O)(=O)c2ccc3c(c2)OCCO3)o1. The third-order valence-corrected chi connectivity index (χ3v) is 7.81. The predicted octanol–water partition coefficient (Wildman–Crippen LogP) is 2.80. The molecule has 11 heteroatoms. The molecule has 2 aliphatic rings. The zero-order valence-corrected chi connectivity index (χ0v) is 17.2. The smallest absolute Gasteiger partial charge is 0.259 e. The first-order valence-corrected chi connectivity index (χ1v) is 11.5. The lowest BCUT2D eigenvalue weighted by molar-refractivity contribution is 0.171. The monoisotopic (exact) mass is 434 g/mol. The van der Waals surface area contributed by atoms with Gasteiger partial charge in [0, 0.05) is 12.6 Å². The number of benzene rings is 1. The molecule has 0 radical (unpaired) electrons. The van der Waals surface area contributed by atoms with E-state index in [9.17, 15) is 8.42 Å². The summed E-state index contributed by atoms with van der Waals surface area (Å²) >= 11 is 1.41. The molecule has 1 aromatic carbocycles. The summed E-state index contributed by atoms with van der Waals surface area (Å²) < 4.78 is 44.9. The molecule has 1 fully saturated rings. The van der Waals surface area contributed by atoms with Crippen molar-refractivity contribution in [1.82, 2.24) is 19.5 Å². The molecule has 1 saturated heterocycles. The van der Waals surface area contributed by atoms with E-state index in [0.717, 1.165) is 10.6 Å². The minimum absolute atomic E-state index is 0.159. The van der Waals surface area contributed by atoms with Crippen LogP contribution in [0.25, 0.3) is 10.8 Å². The highest BCUT2D eigenvalue weighted by atomic mass is 32.2. The van der Waals surface area contributed by atoms with Gasteiger partial charge >= 0.3 is 0 Å². The number of aryl methyl sites for hydroxylation is 1. The van der Waals surface area contributed by atoms with Crippen LogP contribution in [0.2, 0.25) is 0 Å². The number of ether oxygens (including phenoxy) is 2. The van der Waals surface area contributed by atoms with E-state index < -0.39 is 16.1 Å². The minimum Gasteiger partial charge on any atom is -0.486 e. The largest absolute Gasteiger partial charge is 0.486 e. The lowest BCUT2D eigenvalue weighted by Crippen LogP contribution is -2.31. The quantitative estimate of drug-likeness (QED) is 0.617. The summed E-state index contributed by atoms with van der Waals surface area (Å²) in [6, 6.07) is 4.18. The molecule has 0 bridgehead atoms.